The third kappa shape index (κ3) is 22.9. The van der Waals surface area contributed by atoms with Crippen molar-refractivity contribution in [1.29, 1.82) is 0 Å². The number of unbranched alkanes of at least 4 members (excludes halogenated alkanes) is 1. The number of azide groups is 2. The van der Waals surface area contributed by atoms with E-state index in [1.165, 1.54) is 19.1 Å². The Morgan fingerprint density at radius 2 is 1.01 bits per heavy atom. The summed E-state index contributed by atoms with van der Waals surface area (Å²) in [4.78, 5) is 73.1. The van der Waals surface area contributed by atoms with E-state index in [-0.39, 0.29) is 56.9 Å². The van der Waals surface area contributed by atoms with Crippen molar-refractivity contribution in [3.63, 3.8) is 0 Å². The highest BCUT2D eigenvalue weighted by atomic mass is 16.6. The van der Waals surface area contributed by atoms with Gasteiger partial charge in [-0.25, -0.2) is 14.4 Å². The Balaban J connectivity index is 0.000000212. The molecule has 2 heterocycles. The minimum Gasteiger partial charge on any atom is -0.490 e. The van der Waals surface area contributed by atoms with E-state index in [4.69, 9.17) is 30.0 Å². The number of carboxylic acid groups (broad SMARTS) is 1. The third-order valence-corrected chi connectivity index (χ3v) is 16.0. The van der Waals surface area contributed by atoms with Crippen molar-refractivity contribution in [1.82, 2.24) is 41.9 Å². The fourth-order valence-electron chi connectivity index (χ4n) is 10.6. The molecule has 100 heavy (non-hydrogen) atoms. The highest BCUT2D eigenvalue weighted by Gasteiger charge is 2.29. The zero-order valence-corrected chi connectivity index (χ0v) is 56.5. The van der Waals surface area contributed by atoms with E-state index in [1.807, 2.05) is 125 Å². The number of aliphatic hydroxyl groups is 2. The van der Waals surface area contributed by atoms with Crippen LogP contribution in [-0.2, 0) is 41.4 Å². The molecule has 4 amide bonds. The van der Waals surface area contributed by atoms with E-state index < -0.39 is 60.3 Å². The molecule has 2 aromatic heterocycles. The Morgan fingerprint density at radius 3 is 1.48 bits per heavy atom. The summed E-state index contributed by atoms with van der Waals surface area (Å²) in [6.07, 6.45) is 1.06. The van der Waals surface area contributed by atoms with Gasteiger partial charge in [-0.05, 0) is 118 Å². The molecule has 0 fully saturated rings. The maximum Gasteiger partial charge on any atom is 0.408 e. The Hall–Kier alpha value is -11.4. The van der Waals surface area contributed by atoms with Gasteiger partial charge < -0.3 is 76.1 Å². The van der Waals surface area contributed by atoms with Gasteiger partial charge in [0.15, 0.2) is 0 Å². The molecule has 9 aromatic rings. The van der Waals surface area contributed by atoms with E-state index in [2.05, 4.69) is 87.2 Å². The van der Waals surface area contributed by atoms with E-state index >= 15 is 0 Å². The highest BCUT2D eigenvalue weighted by Crippen LogP contribution is 2.35. The normalized spacial score (nSPS) is 12.6. The smallest absolute Gasteiger partial charge is 0.408 e. The van der Waals surface area contributed by atoms with Gasteiger partial charge in [-0.1, -0.05) is 163 Å². The van der Waals surface area contributed by atoms with E-state index in [1.54, 1.807) is 54.6 Å². The van der Waals surface area contributed by atoms with Gasteiger partial charge in [-0.2, -0.15) is 0 Å². The number of ether oxygens (including phenoxy) is 4. The number of carboxylic acids is 1. The lowest BCUT2D eigenvalue weighted by molar-refractivity contribution is -0.142. The summed E-state index contributed by atoms with van der Waals surface area (Å²) in [5.41, 5.74) is 24.4. The van der Waals surface area contributed by atoms with Crippen LogP contribution in [0.1, 0.15) is 70.6 Å². The monoisotopic (exact) mass is 1360 g/mol. The molecule has 0 bridgehead atoms. The zero-order valence-electron chi connectivity index (χ0n) is 56.5. The molecule has 0 radical (unpaired) electrons. The minimum atomic E-state index is -1.23. The van der Waals surface area contributed by atoms with Gasteiger partial charge in [0.25, 0.3) is 0 Å². The number of carbonyl (C=O) groups excluding carboxylic acids is 4. The van der Waals surface area contributed by atoms with Crippen LogP contribution in [0.3, 0.4) is 0 Å². The van der Waals surface area contributed by atoms with Crippen LogP contribution in [0.25, 0.3) is 64.5 Å². The van der Waals surface area contributed by atoms with Gasteiger partial charge >= 0.3 is 18.2 Å². The van der Waals surface area contributed by atoms with Crippen molar-refractivity contribution in [2.75, 3.05) is 46.1 Å². The first-order valence-electron chi connectivity index (χ1n) is 32.5. The Morgan fingerprint density at radius 1 is 0.560 bits per heavy atom. The lowest BCUT2D eigenvalue weighted by Crippen LogP contribution is -2.55. The summed E-state index contributed by atoms with van der Waals surface area (Å²) in [5, 5.41) is 58.8. The Bertz CT molecular complexity index is 4100. The molecular formula is C74H86N14O12. The van der Waals surface area contributed by atoms with E-state index in [9.17, 15) is 39.3 Å². The van der Waals surface area contributed by atoms with Crippen LogP contribution in [0, 0.1) is 0 Å². The van der Waals surface area contributed by atoms with E-state index in [0.29, 0.717) is 37.3 Å². The number of nitrogens with one attached hydrogen (secondary N) is 8. The second-order valence-corrected chi connectivity index (χ2v) is 24.3. The standard InChI is InChI=1S/C26H36N4O8.2C24H25N5O2/c1-4-15-37-25(35)27-14-10-9-13-20(24(33)34)29-23(32)21(17-19-11-7-6-8-12-19)30-22(31)18(3)28-26(36)38-16-5-2;2*1-24(2,16-10-12-17(13-11-16)28-29-25)26-14-18(30)15-31-22-9-5-8-21-23(22)19-6-3-4-7-20(19)27-21/h4-8,11-12,18,20-21H,1-2,9-10,13-17H2,3H3,(H,27,35)(H,28,36)(H,29,32)(H,30,31)(H,33,34);2*3-13,18,26-27,30H,14-15H2,1-2H3/t18-,20+,21+;;/m1../s1. The maximum absolute atomic E-state index is 13.1. The lowest BCUT2D eigenvalue weighted by atomic mass is 9.94. The predicted molar refractivity (Wildman–Crippen MR) is 386 cm³/mol. The van der Waals surface area contributed by atoms with Crippen LogP contribution < -0.4 is 41.4 Å². The van der Waals surface area contributed by atoms with Crippen LogP contribution in [0.15, 0.2) is 199 Å². The molecule has 0 saturated carbocycles. The van der Waals surface area contributed by atoms with Gasteiger partial charge in [0.1, 0.15) is 68.3 Å². The molecule has 11 N–H and O–H groups in total. The number of fused-ring (bicyclic) bond motifs is 6. The number of hydrogen-bond acceptors (Lipinski definition) is 15. The molecule has 0 aliphatic rings. The molecule has 0 saturated heterocycles. The summed E-state index contributed by atoms with van der Waals surface area (Å²) in [6, 6.07) is 48.3. The van der Waals surface area contributed by atoms with Crippen LogP contribution in [0.2, 0.25) is 0 Å². The number of aromatic amines is 2. The average molecular weight is 1360 g/mol. The van der Waals surface area contributed by atoms with Gasteiger partial charge in [-0.3, -0.25) is 9.59 Å². The summed E-state index contributed by atoms with van der Waals surface area (Å²) >= 11 is 0. The number of aliphatic hydroxyl groups excluding tert-OH is 2. The fraction of sp³-hybridized carbons (Fsp3) is 0.311. The Kier molecular flexibility index (Phi) is 28.8. The van der Waals surface area contributed by atoms with Crippen LogP contribution in [0.5, 0.6) is 11.5 Å². The van der Waals surface area contributed by atoms with Crippen molar-refractivity contribution in [2.24, 2.45) is 10.2 Å². The fourth-order valence-corrected chi connectivity index (χ4v) is 10.6. The zero-order chi connectivity index (χ0) is 72.0. The number of benzene rings is 7. The molecule has 9 rings (SSSR count). The number of nitrogens with zero attached hydrogens (tertiary/aromatic N) is 6. The second kappa shape index (κ2) is 38.0. The molecule has 524 valence electrons. The quantitative estimate of drug-likeness (QED) is 0.00599. The van der Waals surface area contributed by atoms with Crippen molar-refractivity contribution < 1.29 is 58.2 Å². The van der Waals surface area contributed by atoms with Crippen molar-refractivity contribution in [3.05, 3.63) is 227 Å². The number of aliphatic carboxylic acids is 1. The number of rotatable bonds is 33. The van der Waals surface area contributed by atoms with Crippen molar-refractivity contribution in [3.8, 4) is 11.5 Å². The summed E-state index contributed by atoms with van der Waals surface area (Å²) in [7, 11) is 0. The van der Waals surface area contributed by atoms with Crippen LogP contribution in [0.4, 0.5) is 21.0 Å². The maximum atomic E-state index is 13.1. The van der Waals surface area contributed by atoms with Crippen LogP contribution in [-0.4, -0.2) is 132 Å². The molecular weight excluding hydrogens is 1280 g/mol. The van der Waals surface area contributed by atoms with Crippen LogP contribution >= 0.6 is 0 Å². The minimum absolute atomic E-state index is 0.0365. The highest BCUT2D eigenvalue weighted by molar-refractivity contribution is 6.11. The SMILES string of the molecule is C=CCOC(=O)NCCCC[C@H](NC(=O)[C@H](Cc1ccccc1)NC(=O)[C@@H](C)NC(=O)OCC=C)C(=O)O.CC(C)(NCC(O)COc1cccc2[nH]c3ccccc3c12)c1ccc(N=[N+]=[N-])cc1.CC(C)(NCC(O)COc1cccc2[nH]c3ccccc3c12)c1ccc(N=[N+]=[N-])cc1. The number of amides is 4. The summed E-state index contributed by atoms with van der Waals surface area (Å²) in [5.74, 6) is -1.08. The summed E-state index contributed by atoms with van der Waals surface area (Å²) < 4.78 is 21.6. The number of carbonyl (C=O) groups is 5. The van der Waals surface area contributed by atoms with Crippen molar-refractivity contribution in [2.45, 2.75) is 102 Å². The number of H-pyrrole nitrogens is 2. The molecule has 26 nitrogen and oxygen atoms in total. The second-order valence-electron chi connectivity index (χ2n) is 24.3. The third-order valence-electron chi connectivity index (χ3n) is 16.0. The number of aromatic nitrogens is 2. The number of para-hydroxylation sites is 2. The first-order valence-corrected chi connectivity index (χ1v) is 32.5. The molecule has 0 aliphatic carbocycles. The Labute approximate surface area is 578 Å². The lowest BCUT2D eigenvalue weighted by Gasteiger charge is -2.28. The van der Waals surface area contributed by atoms with Crippen molar-refractivity contribution >= 4 is 85.0 Å². The van der Waals surface area contributed by atoms with E-state index in [0.717, 1.165) is 71.8 Å². The summed E-state index contributed by atoms with van der Waals surface area (Å²) in [6.45, 7) is 17.8. The molecule has 0 aliphatic heterocycles. The largest absolute Gasteiger partial charge is 0.490 e. The van der Waals surface area contributed by atoms with Gasteiger partial charge in [-0.15, -0.1) is 0 Å². The van der Waals surface area contributed by atoms with Gasteiger partial charge in [0.2, 0.25) is 11.8 Å². The van der Waals surface area contributed by atoms with Gasteiger partial charge in [0.05, 0.1) is 11.0 Å². The van der Waals surface area contributed by atoms with Gasteiger partial charge in [0, 0.05) is 90.9 Å². The molecule has 5 atom stereocenters. The number of alkyl carbamates (subject to hydrolysis) is 2. The molecule has 0 spiro atoms. The molecule has 7 aromatic carbocycles. The average Bonchev–Trinajstić information content (AvgIpc) is 1.64. The predicted octanol–water partition coefficient (Wildman–Crippen LogP) is 12.7. The number of hydrogen-bond donors (Lipinski definition) is 11. The first kappa shape index (κ1) is 76.0. The molecule has 2 unspecified atom stereocenters. The first-order chi connectivity index (χ1) is 48.1. The topological polar surface area (TPSA) is 384 Å². The molecule has 26 heteroatoms.